The molecule has 1 atom stereocenters. The van der Waals surface area contributed by atoms with Crippen molar-refractivity contribution in [3.8, 4) is 0 Å². The molecule has 0 aromatic carbocycles. The van der Waals surface area contributed by atoms with Gasteiger partial charge >= 0.3 is 0 Å². The first-order valence-electron chi connectivity index (χ1n) is 7.00. The van der Waals surface area contributed by atoms with Crippen molar-refractivity contribution in [1.82, 2.24) is 15.3 Å². The first-order chi connectivity index (χ1) is 9.40. The maximum absolute atomic E-state index is 11.4. The number of nitrogens with two attached hydrogens (primary N) is 1. The van der Waals surface area contributed by atoms with E-state index in [1.165, 1.54) is 0 Å². The molecule has 1 amide bonds. The minimum atomic E-state index is -0.471. The fourth-order valence-corrected chi connectivity index (χ4v) is 2.26. The summed E-state index contributed by atoms with van der Waals surface area (Å²) in [6.07, 6.45) is 4.41. The molecular weight excluding hydrogens is 254 g/mol. The minimum absolute atomic E-state index is 0.252. The van der Waals surface area contributed by atoms with Crippen LogP contribution in [0.1, 0.15) is 32.8 Å². The van der Waals surface area contributed by atoms with E-state index in [1.807, 2.05) is 24.2 Å². The van der Waals surface area contributed by atoms with Crippen LogP contribution in [0.2, 0.25) is 0 Å². The third kappa shape index (κ3) is 3.25. The van der Waals surface area contributed by atoms with Gasteiger partial charge in [0.15, 0.2) is 0 Å². The molecule has 1 fully saturated rings. The Kier molecular flexibility index (Phi) is 4.23. The van der Waals surface area contributed by atoms with Crippen molar-refractivity contribution in [1.29, 1.82) is 0 Å². The Morgan fingerprint density at radius 2 is 2.15 bits per heavy atom. The van der Waals surface area contributed by atoms with Gasteiger partial charge in [0.1, 0.15) is 0 Å². The standard InChI is InChI=1S/C14H23N5O/c1-10(2)16-6-11-7-17-13(18-8-11)19-5-4-14(3,9-19)12(15)20/h7-8,10,16H,4-6,9H2,1-3H3,(H2,15,20). The molecule has 0 spiro atoms. The molecular formula is C14H23N5O. The van der Waals surface area contributed by atoms with E-state index in [4.69, 9.17) is 5.73 Å². The van der Waals surface area contributed by atoms with E-state index in [0.29, 0.717) is 18.5 Å². The van der Waals surface area contributed by atoms with E-state index in [9.17, 15) is 4.79 Å². The van der Waals surface area contributed by atoms with Crippen LogP contribution in [0.15, 0.2) is 12.4 Å². The molecule has 6 nitrogen and oxygen atoms in total. The molecule has 6 heteroatoms. The zero-order valence-electron chi connectivity index (χ0n) is 12.4. The van der Waals surface area contributed by atoms with Gasteiger partial charge in [-0.05, 0) is 13.3 Å². The molecule has 2 heterocycles. The van der Waals surface area contributed by atoms with Gasteiger partial charge in [0.05, 0.1) is 5.41 Å². The summed E-state index contributed by atoms with van der Waals surface area (Å²) >= 11 is 0. The molecule has 0 radical (unpaired) electrons. The second kappa shape index (κ2) is 5.75. The Morgan fingerprint density at radius 1 is 1.50 bits per heavy atom. The van der Waals surface area contributed by atoms with E-state index >= 15 is 0 Å². The number of nitrogens with zero attached hydrogens (tertiary/aromatic N) is 3. The van der Waals surface area contributed by atoms with Crippen LogP contribution in [-0.4, -0.2) is 35.0 Å². The van der Waals surface area contributed by atoms with Gasteiger partial charge in [0, 0.05) is 43.6 Å². The Hall–Kier alpha value is -1.69. The van der Waals surface area contributed by atoms with Crippen LogP contribution >= 0.6 is 0 Å². The van der Waals surface area contributed by atoms with Crippen LogP contribution in [0.3, 0.4) is 0 Å². The van der Waals surface area contributed by atoms with Crippen LogP contribution in [0.5, 0.6) is 0 Å². The molecule has 1 saturated heterocycles. The summed E-state index contributed by atoms with van der Waals surface area (Å²) in [6, 6.07) is 0.435. The number of primary amides is 1. The number of hydrogen-bond donors (Lipinski definition) is 2. The third-order valence-electron chi connectivity index (χ3n) is 3.76. The number of carbonyl (C=O) groups is 1. The van der Waals surface area contributed by atoms with Crippen molar-refractivity contribution in [2.45, 2.75) is 39.8 Å². The van der Waals surface area contributed by atoms with Crippen molar-refractivity contribution in [3.05, 3.63) is 18.0 Å². The number of carbonyl (C=O) groups excluding carboxylic acids is 1. The number of aromatic nitrogens is 2. The molecule has 1 aliphatic rings. The highest BCUT2D eigenvalue weighted by Crippen LogP contribution is 2.31. The SMILES string of the molecule is CC(C)NCc1cnc(N2CCC(C)(C(N)=O)C2)nc1. The van der Waals surface area contributed by atoms with Crippen LogP contribution in [-0.2, 0) is 11.3 Å². The number of nitrogens with one attached hydrogen (secondary N) is 1. The summed E-state index contributed by atoms with van der Waals surface area (Å²) in [7, 11) is 0. The van der Waals surface area contributed by atoms with Gasteiger partial charge in [-0.3, -0.25) is 4.79 Å². The molecule has 2 rings (SSSR count). The lowest BCUT2D eigenvalue weighted by Crippen LogP contribution is -2.37. The largest absolute Gasteiger partial charge is 0.369 e. The smallest absolute Gasteiger partial charge is 0.225 e. The summed E-state index contributed by atoms with van der Waals surface area (Å²) in [5, 5.41) is 3.32. The lowest BCUT2D eigenvalue weighted by molar-refractivity contribution is -0.125. The Labute approximate surface area is 119 Å². The highest BCUT2D eigenvalue weighted by atomic mass is 16.1. The molecule has 3 N–H and O–H groups in total. The van der Waals surface area contributed by atoms with E-state index in [2.05, 4.69) is 29.1 Å². The van der Waals surface area contributed by atoms with Crippen molar-refractivity contribution < 1.29 is 4.79 Å². The van der Waals surface area contributed by atoms with E-state index in [1.54, 1.807) is 0 Å². The van der Waals surface area contributed by atoms with E-state index < -0.39 is 5.41 Å². The molecule has 20 heavy (non-hydrogen) atoms. The Balaban J connectivity index is 1.99. The van der Waals surface area contributed by atoms with Crippen molar-refractivity contribution in [3.63, 3.8) is 0 Å². The molecule has 110 valence electrons. The number of rotatable bonds is 5. The molecule has 0 bridgehead atoms. The van der Waals surface area contributed by atoms with Gasteiger partial charge < -0.3 is 16.0 Å². The first-order valence-corrected chi connectivity index (χ1v) is 7.00. The molecule has 1 unspecified atom stereocenters. The van der Waals surface area contributed by atoms with E-state index in [-0.39, 0.29) is 5.91 Å². The number of hydrogen-bond acceptors (Lipinski definition) is 5. The monoisotopic (exact) mass is 277 g/mol. The molecule has 1 aromatic heterocycles. The number of anilines is 1. The maximum Gasteiger partial charge on any atom is 0.225 e. The number of amides is 1. The van der Waals surface area contributed by atoms with E-state index in [0.717, 1.165) is 25.1 Å². The van der Waals surface area contributed by atoms with Crippen LogP contribution < -0.4 is 16.0 Å². The molecule has 1 aliphatic heterocycles. The predicted molar refractivity (Wildman–Crippen MR) is 78.1 cm³/mol. The quantitative estimate of drug-likeness (QED) is 0.826. The zero-order chi connectivity index (χ0) is 14.8. The molecule has 0 saturated carbocycles. The van der Waals surface area contributed by atoms with Gasteiger partial charge in [-0.15, -0.1) is 0 Å². The van der Waals surface area contributed by atoms with Crippen molar-refractivity contribution in [2.24, 2.45) is 11.1 Å². The lowest BCUT2D eigenvalue weighted by Gasteiger charge is -2.21. The lowest BCUT2D eigenvalue weighted by atomic mass is 9.89. The van der Waals surface area contributed by atoms with Crippen LogP contribution in [0, 0.1) is 5.41 Å². The van der Waals surface area contributed by atoms with Crippen LogP contribution in [0.25, 0.3) is 0 Å². The van der Waals surface area contributed by atoms with Gasteiger partial charge in [-0.25, -0.2) is 9.97 Å². The van der Waals surface area contributed by atoms with Crippen molar-refractivity contribution in [2.75, 3.05) is 18.0 Å². The molecule has 0 aliphatic carbocycles. The predicted octanol–water partition coefficient (Wildman–Crippen LogP) is 0.676. The highest BCUT2D eigenvalue weighted by molar-refractivity contribution is 5.81. The normalized spacial score (nSPS) is 22.5. The summed E-state index contributed by atoms with van der Waals surface area (Å²) in [4.78, 5) is 22.2. The van der Waals surface area contributed by atoms with Gasteiger partial charge in [-0.2, -0.15) is 0 Å². The zero-order valence-corrected chi connectivity index (χ0v) is 12.4. The van der Waals surface area contributed by atoms with Gasteiger partial charge in [0.25, 0.3) is 0 Å². The van der Waals surface area contributed by atoms with Crippen LogP contribution in [0.4, 0.5) is 5.95 Å². The average Bonchev–Trinajstić information content (AvgIpc) is 2.81. The van der Waals surface area contributed by atoms with Gasteiger partial charge in [-0.1, -0.05) is 13.8 Å². The summed E-state index contributed by atoms with van der Waals surface area (Å²) in [5.41, 5.74) is 6.03. The third-order valence-corrected chi connectivity index (χ3v) is 3.76. The fraction of sp³-hybridized carbons (Fsp3) is 0.643. The Morgan fingerprint density at radius 3 is 2.65 bits per heavy atom. The fourth-order valence-electron chi connectivity index (χ4n) is 2.26. The summed E-state index contributed by atoms with van der Waals surface area (Å²) in [5.74, 6) is 0.418. The first kappa shape index (κ1) is 14.7. The second-order valence-electron chi connectivity index (χ2n) is 6.02. The maximum atomic E-state index is 11.4. The topological polar surface area (TPSA) is 84.1 Å². The summed E-state index contributed by atoms with van der Waals surface area (Å²) in [6.45, 7) is 8.22. The second-order valence-corrected chi connectivity index (χ2v) is 6.02. The molecule has 1 aromatic rings. The van der Waals surface area contributed by atoms with Crippen molar-refractivity contribution >= 4 is 11.9 Å². The Bertz CT molecular complexity index is 473. The van der Waals surface area contributed by atoms with Gasteiger partial charge in [0.2, 0.25) is 11.9 Å². The average molecular weight is 277 g/mol. The highest BCUT2D eigenvalue weighted by Gasteiger charge is 2.39. The summed E-state index contributed by atoms with van der Waals surface area (Å²) < 4.78 is 0. The minimum Gasteiger partial charge on any atom is -0.369 e.